The number of rotatable bonds is 4. The van der Waals surface area contributed by atoms with E-state index in [-0.39, 0.29) is 17.3 Å². The Morgan fingerprint density at radius 2 is 2.33 bits per heavy atom. The van der Waals surface area contributed by atoms with Crippen molar-refractivity contribution in [2.45, 2.75) is 17.9 Å². The molecule has 4 N–H and O–H groups in total. The second kappa shape index (κ2) is 4.56. The smallest absolute Gasteiger partial charge is 0.244 e. The van der Waals surface area contributed by atoms with Gasteiger partial charge >= 0.3 is 0 Å². The number of anilines is 1. The highest BCUT2D eigenvalue weighted by molar-refractivity contribution is 7.89. The fraction of sp³-hybridized carbons (Fsp3) is 0.375. The minimum atomic E-state index is -3.68. The quantitative estimate of drug-likeness (QED) is 0.637. The van der Waals surface area contributed by atoms with E-state index in [9.17, 15) is 8.42 Å². The maximum atomic E-state index is 11.6. The Balaban J connectivity index is 2.92. The van der Waals surface area contributed by atoms with Crippen molar-refractivity contribution < 1.29 is 13.5 Å². The standard InChI is InChI=1S/C8H13N3O3S/c1-6(12)5-11-15(13,14)7-3-2-4-10-8(7)9/h2-4,6,11-12H,5H2,1H3,(H2,9,10). The van der Waals surface area contributed by atoms with Crippen LogP contribution in [0.1, 0.15) is 6.92 Å². The first-order valence-corrected chi connectivity index (χ1v) is 5.80. The fourth-order valence-electron chi connectivity index (χ4n) is 0.938. The van der Waals surface area contributed by atoms with E-state index in [4.69, 9.17) is 10.8 Å². The topological polar surface area (TPSA) is 105 Å². The van der Waals surface area contributed by atoms with Gasteiger partial charge in [-0.2, -0.15) is 0 Å². The van der Waals surface area contributed by atoms with Crippen LogP contribution in [0, 0.1) is 0 Å². The Morgan fingerprint density at radius 3 is 2.87 bits per heavy atom. The predicted octanol–water partition coefficient (Wildman–Crippen LogP) is -0.677. The number of aliphatic hydroxyl groups is 1. The lowest BCUT2D eigenvalue weighted by atomic mass is 10.4. The van der Waals surface area contributed by atoms with Crippen LogP contribution in [0.15, 0.2) is 23.2 Å². The maximum Gasteiger partial charge on any atom is 0.244 e. The highest BCUT2D eigenvalue weighted by atomic mass is 32.2. The molecule has 0 fully saturated rings. The number of nitrogens with two attached hydrogens (primary N) is 1. The number of nitrogen functional groups attached to an aromatic ring is 1. The summed E-state index contributed by atoms with van der Waals surface area (Å²) in [5, 5.41) is 8.96. The van der Waals surface area contributed by atoms with E-state index in [1.54, 1.807) is 0 Å². The summed E-state index contributed by atoms with van der Waals surface area (Å²) in [4.78, 5) is 3.59. The summed E-state index contributed by atoms with van der Waals surface area (Å²) in [6.45, 7) is 1.42. The van der Waals surface area contributed by atoms with Crippen molar-refractivity contribution in [3.8, 4) is 0 Å². The van der Waals surface area contributed by atoms with Gasteiger partial charge in [-0.3, -0.25) is 0 Å². The third-order valence-corrected chi connectivity index (χ3v) is 3.13. The molecule has 0 bridgehead atoms. The Kier molecular flexibility index (Phi) is 3.61. The molecule has 15 heavy (non-hydrogen) atoms. The van der Waals surface area contributed by atoms with Crippen LogP contribution in [0.5, 0.6) is 0 Å². The molecule has 1 atom stereocenters. The van der Waals surface area contributed by atoms with Crippen molar-refractivity contribution in [1.29, 1.82) is 0 Å². The van der Waals surface area contributed by atoms with Gasteiger partial charge in [0.05, 0.1) is 6.10 Å². The molecule has 0 aliphatic heterocycles. The molecule has 7 heteroatoms. The van der Waals surface area contributed by atoms with Gasteiger partial charge in [0, 0.05) is 12.7 Å². The summed E-state index contributed by atoms with van der Waals surface area (Å²) in [6, 6.07) is 2.83. The van der Waals surface area contributed by atoms with Gasteiger partial charge in [0.25, 0.3) is 0 Å². The summed E-state index contributed by atoms with van der Waals surface area (Å²) in [5.74, 6) is -0.0596. The van der Waals surface area contributed by atoms with Gasteiger partial charge in [-0.25, -0.2) is 18.1 Å². The Hall–Kier alpha value is -1.18. The van der Waals surface area contributed by atoms with Crippen molar-refractivity contribution >= 4 is 15.8 Å². The van der Waals surface area contributed by atoms with Crippen LogP contribution in [0.4, 0.5) is 5.82 Å². The molecule has 0 aliphatic rings. The van der Waals surface area contributed by atoms with Gasteiger partial charge in [0.15, 0.2) is 0 Å². The SMILES string of the molecule is CC(O)CNS(=O)(=O)c1cccnc1N. The number of nitrogens with one attached hydrogen (secondary N) is 1. The summed E-state index contributed by atoms with van der Waals surface area (Å²) in [7, 11) is -3.68. The normalized spacial score (nSPS) is 13.7. The molecular weight excluding hydrogens is 218 g/mol. The average molecular weight is 231 g/mol. The van der Waals surface area contributed by atoms with Gasteiger partial charge in [0.2, 0.25) is 10.0 Å². The largest absolute Gasteiger partial charge is 0.392 e. The van der Waals surface area contributed by atoms with Gasteiger partial charge in [-0.15, -0.1) is 0 Å². The molecule has 0 spiro atoms. The molecule has 1 rings (SSSR count). The Morgan fingerprint density at radius 1 is 1.67 bits per heavy atom. The van der Waals surface area contributed by atoms with Crippen LogP contribution in [-0.4, -0.2) is 31.2 Å². The Bertz CT molecular complexity index is 431. The van der Waals surface area contributed by atoms with Crippen LogP contribution in [-0.2, 0) is 10.0 Å². The second-order valence-electron chi connectivity index (χ2n) is 3.09. The van der Waals surface area contributed by atoms with Crippen molar-refractivity contribution in [3.63, 3.8) is 0 Å². The van der Waals surface area contributed by atoms with E-state index in [2.05, 4.69) is 9.71 Å². The molecule has 0 aliphatic carbocycles. The van der Waals surface area contributed by atoms with Crippen molar-refractivity contribution in [2.75, 3.05) is 12.3 Å². The molecule has 84 valence electrons. The van der Waals surface area contributed by atoms with E-state index in [1.807, 2.05) is 0 Å². The molecular formula is C8H13N3O3S. The summed E-state index contributed by atoms with van der Waals surface area (Å²) >= 11 is 0. The summed E-state index contributed by atoms with van der Waals surface area (Å²) < 4.78 is 25.4. The third kappa shape index (κ3) is 3.15. The highest BCUT2D eigenvalue weighted by Gasteiger charge is 2.17. The number of aliphatic hydroxyl groups excluding tert-OH is 1. The molecule has 0 saturated heterocycles. The molecule has 0 radical (unpaired) electrons. The summed E-state index contributed by atoms with van der Waals surface area (Å²) in [5.41, 5.74) is 5.42. The third-order valence-electron chi connectivity index (χ3n) is 1.66. The molecule has 0 aromatic carbocycles. The van der Waals surface area contributed by atoms with Crippen LogP contribution in [0.25, 0.3) is 0 Å². The average Bonchev–Trinajstić information content (AvgIpc) is 2.15. The Labute approximate surface area is 88.2 Å². The highest BCUT2D eigenvalue weighted by Crippen LogP contribution is 2.13. The van der Waals surface area contributed by atoms with Crippen molar-refractivity contribution in [3.05, 3.63) is 18.3 Å². The first-order chi connectivity index (χ1) is 6.93. The van der Waals surface area contributed by atoms with Crippen molar-refractivity contribution in [1.82, 2.24) is 9.71 Å². The van der Waals surface area contributed by atoms with Crippen LogP contribution >= 0.6 is 0 Å². The molecule has 0 saturated carbocycles. The van der Waals surface area contributed by atoms with E-state index in [0.29, 0.717) is 0 Å². The number of pyridine rings is 1. The van der Waals surface area contributed by atoms with Gasteiger partial charge in [0.1, 0.15) is 10.7 Å². The van der Waals surface area contributed by atoms with Gasteiger partial charge in [-0.1, -0.05) is 0 Å². The lowest BCUT2D eigenvalue weighted by Crippen LogP contribution is -2.31. The zero-order valence-electron chi connectivity index (χ0n) is 8.21. The molecule has 1 aromatic rings. The minimum Gasteiger partial charge on any atom is -0.392 e. The van der Waals surface area contributed by atoms with Crippen molar-refractivity contribution in [2.24, 2.45) is 0 Å². The first kappa shape index (κ1) is 11.9. The second-order valence-corrected chi connectivity index (χ2v) is 4.82. The lowest BCUT2D eigenvalue weighted by Gasteiger charge is -2.09. The molecule has 0 amide bonds. The van der Waals surface area contributed by atoms with Gasteiger partial charge in [-0.05, 0) is 19.1 Å². The zero-order chi connectivity index (χ0) is 11.5. The molecule has 1 unspecified atom stereocenters. The lowest BCUT2D eigenvalue weighted by molar-refractivity contribution is 0.198. The predicted molar refractivity (Wildman–Crippen MR) is 55.5 cm³/mol. The number of sulfonamides is 1. The van der Waals surface area contributed by atoms with E-state index in [1.165, 1.54) is 25.3 Å². The molecule has 1 aromatic heterocycles. The van der Waals surface area contributed by atoms with E-state index >= 15 is 0 Å². The monoisotopic (exact) mass is 231 g/mol. The summed E-state index contributed by atoms with van der Waals surface area (Å²) in [6.07, 6.45) is 0.654. The van der Waals surface area contributed by atoms with Crippen LogP contribution in [0.2, 0.25) is 0 Å². The minimum absolute atomic E-state index is 0.0589. The van der Waals surface area contributed by atoms with Crippen LogP contribution in [0.3, 0.4) is 0 Å². The number of nitrogens with zero attached hydrogens (tertiary/aromatic N) is 1. The van der Waals surface area contributed by atoms with Gasteiger partial charge < -0.3 is 10.8 Å². The van der Waals surface area contributed by atoms with E-state index in [0.717, 1.165) is 0 Å². The number of hydrogen-bond donors (Lipinski definition) is 3. The van der Waals surface area contributed by atoms with Crippen LogP contribution < -0.4 is 10.5 Å². The number of hydrogen-bond acceptors (Lipinski definition) is 5. The van der Waals surface area contributed by atoms with E-state index < -0.39 is 16.1 Å². The first-order valence-electron chi connectivity index (χ1n) is 4.31. The molecule has 6 nitrogen and oxygen atoms in total. The maximum absolute atomic E-state index is 11.6. The molecule has 1 heterocycles. The fourth-order valence-corrected chi connectivity index (χ4v) is 2.14. The number of aromatic nitrogens is 1. The zero-order valence-corrected chi connectivity index (χ0v) is 9.03.